The van der Waals surface area contributed by atoms with E-state index in [1.54, 1.807) is 0 Å². The predicted octanol–water partition coefficient (Wildman–Crippen LogP) is 2.57. The number of hydrogen-bond acceptors (Lipinski definition) is 4. The van der Waals surface area contributed by atoms with E-state index < -0.39 is 5.97 Å². The van der Waals surface area contributed by atoms with Crippen LogP contribution in [0.1, 0.15) is 43.0 Å². The number of carboxylic acids is 1. The molecule has 1 aliphatic carbocycles. The third kappa shape index (κ3) is 4.74. The third-order valence-corrected chi connectivity index (χ3v) is 4.72. The van der Waals surface area contributed by atoms with Crippen molar-refractivity contribution < 1.29 is 14.7 Å². The Morgan fingerprint density at radius 2 is 2.19 bits per heavy atom. The summed E-state index contributed by atoms with van der Waals surface area (Å²) in [5, 5.41) is 12.5. The maximum atomic E-state index is 12.0. The third-order valence-electron chi connectivity index (χ3n) is 3.79. The van der Waals surface area contributed by atoms with Crippen molar-refractivity contribution in [3.8, 4) is 0 Å². The van der Waals surface area contributed by atoms with Crippen LogP contribution in [0.4, 0.5) is 0 Å². The minimum atomic E-state index is -0.986. The summed E-state index contributed by atoms with van der Waals surface area (Å²) in [7, 11) is 0. The maximum absolute atomic E-state index is 12.0. The van der Waals surface area contributed by atoms with Crippen LogP contribution in [-0.4, -0.2) is 33.8 Å². The van der Waals surface area contributed by atoms with Gasteiger partial charge in [-0.15, -0.1) is 0 Å². The standard InChI is InChI=1S/C15H20N2O3S/c1-10-4-2-3-5-12(10)17-13(18)9-21-14-8-11(15(19)20)6-7-16-14/h6-8,10,12H,2-5,9H2,1H3,(H,17,18)(H,19,20). The van der Waals surface area contributed by atoms with Crippen LogP contribution in [0.15, 0.2) is 23.4 Å². The van der Waals surface area contributed by atoms with E-state index in [-0.39, 0.29) is 23.3 Å². The molecule has 2 unspecified atom stereocenters. The normalized spacial score (nSPS) is 21.8. The molecular formula is C15H20N2O3S. The zero-order chi connectivity index (χ0) is 15.2. The van der Waals surface area contributed by atoms with Crippen molar-refractivity contribution >= 4 is 23.6 Å². The van der Waals surface area contributed by atoms with Crippen molar-refractivity contribution in [3.05, 3.63) is 23.9 Å². The number of rotatable bonds is 5. The molecule has 1 fully saturated rings. The van der Waals surface area contributed by atoms with Gasteiger partial charge >= 0.3 is 5.97 Å². The Kier molecular flexibility index (Phi) is 5.61. The van der Waals surface area contributed by atoms with Crippen LogP contribution in [0.2, 0.25) is 0 Å². The van der Waals surface area contributed by atoms with Gasteiger partial charge in [0.1, 0.15) is 0 Å². The highest BCUT2D eigenvalue weighted by Gasteiger charge is 2.22. The quantitative estimate of drug-likeness (QED) is 0.817. The van der Waals surface area contributed by atoms with Gasteiger partial charge in [-0.05, 0) is 30.9 Å². The molecule has 2 rings (SSSR count). The highest BCUT2D eigenvalue weighted by atomic mass is 32.2. The van der Waals surface area contributed by atoms with Crippen molar-refractivity contribution in [2.24, 2.45) is 5.92 Å². The topological polar surface area (TPSA) is 79.3 Å². The monoisotopic (exact) mass is 308 g/mol. The molecule has 114 valence electrons. The van der Waals surface area contributed by atoms with Gasteiger partial charge in [-0.3, -0.25) is 4.79 Å². The number of carboxylic acid groups (broad SMARTS) is 1. The Morgan fingerprint density at radius 1 is 1.43 bits per heavy atom. The van der Waals surface area contributed by atoms with Crippen LogP contribution < -0.4 is 5.32 Å². The molecule has 2 atom stereocenters. The summed E-state index contributed by atoms with van der Waals surface area (Å²) in [6, 6.07) is 3.20. The first-order valence-corrected chi connectivity index (χ1v) is 8.16. The first-order valence-electron chi connectivity index (χ1n) is 7.18. The Balaban J connectivity index is 1.83. The van der Waals surface area contributed by atoms with E-state index in [0.717, 1.165) is 6.42 Å². The highest BCUT2D eigenvalue weighted by Crippen LogP contribution is 2.24. The van der Waals surface area contributed by atoms with E-state index in [2.05, 4.69) is 17.2 Å². The maximum Gasteiger partial charge on any atom is 0.335 e. The number of hydrogen-bond donors (Lipinski definition) is 2. The number of nitrogens with zero attached hydrogens (tertiary/aromatic N) is 1. The Labute approximate surface area is 128 Å². The summed E-state index contributed by atoms with van der Waals surface area (Å²) in [4.78, 5) is 26.9. The van der Waals surface area contributed by atoms with Crippen LogP contribution >= 0.6 is 11.8 Å². The molecule has 1 saturated carbocycles. The molecule has 1 aromatic heterocycles. The van der Waals surface area contributed by atoms with Gasteiger partial charge < -0.3 is 10.4 Å². The average Bonchev–Trinajstić information content (AvgIpc) is 2.48. The zero-order valence-corrected chi connectivity index (χ0v) is 12.9. The molecule has 0 saturated heterocycles. The largest absolute Gasteiger partial charge is 0.478 e. The summed E-state index contributed by atoms with van der Waals surface area (Å²) in [6.45, 7) is 2.18. The second-order valence-corrected chi connectivity index (χ2v) is 6.41. The van der Waals surface area contributed by atoms with Crippen molar-refractivity contribution in [2.45, 2.75) is 43.7 Å². The molecule has 2 N–H and O–H groups in total. The van der Waals surface area contributed by atoms with Crippen LogP contribution in [-0.2, 0) is 4.79 Å². The first kappa shape index (κ1) is 15.8. The lowest BCUT2D eigenvalue weighted by atomic mass is 9.86. The van der Waals surface area contributed by atoms with E-state index in [9.17, 15) is 9.59 Å². The lowest BCUT2D eigenvalue weighted by molar-refractivity contribution is -0.119. The van der Waals surface area contributed by atoms with Crippen molar-refractivity contribution in [3.63, 3.8) is 0 Å². The van der Waals surface area contributed by atoms with E-state index in [0.29, 0.717) is 10.9 Å². The Hall–Kier alpha value is -1.56. The number of carbonyl (C=O) groups is 2. The van der Waals surface area contributed by atoms with Crippen LogP contribution in [0.3, 0.4) is 0 Å². The highest BCUT2D eigenvalue weighted by molar-refractivity contribution is 7.99. The fourth-order valence-corrected chi connectivity index (χ4v) is 3.25. The average molecular weight is 308 g/mol. The van der Waals surface area contributed by atoms with E-state index in [1.807, 2.05) is 0 Å². The van der Waals surface area contributed by atoms with Gasteiger partial charge in [0.25, 0.3) is 0 Å². The summed E-state index contributed by atoms with van der Waals surface area (Å²) >= 11 is 1.26. The van der Waals surface area contributed by atoms with E-state index in [4.69, 9.17) is 5.11 Å². The molecule has 0 aromatic carbocycles. The van der Waals surface area contributed by atoms with Crippen LogP contribution in [0.25, 0.3) is 0 Å². The van der Waals surface area contributed by atoms with Crippen molar-refractivity contribution in [1.82, 2.24) is 10.3 Å². The minimum absolute atomic E-state index is 0.0127. The number of thioether (sulfide) groups is 1. The fourth-order valence-electron chi connectivity index (χ4n) is 2.54. The molecule has 0 radical (unpaired) electrons. The molecule has 5 nitrogen and oxygen atoms in total. The Bertz CT molecular complexity index is 521. The second-order valence-electron chi connectivity index (χ2n) is 5.41. The molecule has 1 heterocycles. The summed E-state index contributed by atoms with van der Waals surface area (Å²) in [6.07, 6.45) is 6.08. The predicted molar refractivity (Wildman–Crippen MR) is 81.5 cm³/mol. The molecule has 1 aromatic rings. The summed E-state index contributed by atoms with van der Waals surface area (Å²) < 4.78 is 0. The van der Waals surface area contributed by atoms with Gasteiger partial charge in [0.15, 0.2) is 0 Å². The zero-order valence-electron chi connectivity index (χ0n) is 12.0. The molecule has 21 heavy (non-hydrogen) atoms. The number of amides is 1. The molecule has 6 heteroatoms. The van der Waals surface area contributed by atoms with Gasteiger partial charge in [0.2, 0.25) is 5.91 Å². The molecule has 0 aliphatic heterocycles. The Morgan fingerprint density at radius 3 is 2.90 bits per heavy atom. The lowest BCUT2D eigenvalue weighted by Gasteiger charge is -2.29. The van der Waals surface area contributed by atoms with Gasteiger partial charge in [-0.25, -0.2) is 9.78 Å². The first-order chi connectivity index (χ1) is 10.1. The SMILES string of the molecule is CC1CCCCC1NC(=O)CSc1cc(C(=O)O)ccn1. The van der Waals surface area contributed by atoms with Gasteiger partial charge in [0.05, 0.1) is 16.3 Å². The van der Waals surface area contributed by atoms with Crippen LogP contribution in [0, 0.1) is 5.92 Å². The number of carbonyl (C=O) groups excluding carboxylic acids is 1. The van der Waals surface area contributed by atoms with Gasteiger partial charge in [-0.1, -0.05) is 31.5 Å². The lowest BCUT2D eigenvalue weighted by Crippen LogP contribution is -2.41. The molecule has 0 spiro atoms. The number of nitrogens with one attached hydrogen (secondary N) is 1. The smallest absolute Gasteiger partial charge is 0.335 e. The van der Waals surface area contributed by atoms with Gasteiger partial charge in [0, 0.05) is 12.2 Å². The molecule has 1 aliphatic rings. The fraction of sp³-hybridized carbons (Fsp3) is 0.533. The number of aromatic carboxylic acids is 1. The number of aromatic nitrogens is 1. The van der Waals surface area contributed by atoms with Gasteiger partial charge in [-0.2, -0.15) is 0 Å². The van der Waals surface area contributed by atoms with Crippen LogP contribution in [0.5, 0.6) is 0 Å². The van der Waals surface area contributed by atoms with Crippen molar-refractivity contribution in [1.29, 1.82) is 0 Å². The van der Waals surface area contributed by atoms with E-state index >= 15 is 0 Å². The minimum Gasteiger partial charge on any atom is -0.478 e. The van der Waals surface area contributed by atoms with Crippen molar-refractivity contribution in [2.75, 3.05) is 5.75 Å². The van der Waals surface area contributed by atoms with E-state index in [1.165, 1.54) is 49.4 Å². The molecule has 0 bridgehead atoms. The summed E-state index contributed by atoms with van der Waals surface area (Å²) in [5.41, 5.74) is 0.189. The molecular weight excluding hydrogens is 288 g/mol. The summed E-state index contributed by atoms with van der Waals surface area (Å²) in [5.74, 6) is -0.207. The number of pyridine rings is 1. The molecule has 1 amide bonds. The second kappa shape index (κ2) is 7.45.